The van der Waals surface area contributed by atoms with Crippen molar-refractivity contribution in [3.8, 4) is 0 Å². The number of nitrogens with zero attached hydrogens (tertiary/aromatic N) is 2. The predicted molar refractivity (Wildman–Crippen MR) is 95.0 cm³/mol. The Kier molecular flexibility index (Phi) is 4.54. The van der Waals surface area contributed by atoms with Crippen LogP contribution in [0.15, 0.2) is 53.6 Å². The van der Waals surface area contributed by atoms with E-state index in [9.17, 15) is 14.9 Å². The number of carbonyl (C=O) groups is 1. The molecule has 0 fully saturated rings. The molecule has 0 spiro atoms. The SMILES string of the molecule is O=C(NN=Cc1cccc(Cl)c1)c1cc2cc([N+](=O)[O-])ccc2s1. The fourth-order valence-electron chi connectivity index (χ4n) is 2.06. The highest BCUT2D eigenvalue weighted by atomic mass is 35.5. The molecule has 1 aromatic heterocycles. The van der Waals surface area contributed by atoms with E-state index >= 15 is 0 Å². The second-order valence-electron chi connectivity index (χ2n) is 4.84. The minimum absolute atomic E-state index is 0.00812. The zero-order chi connectivity index (χ0) is 17.1. The molecule has 0 aliphatic carbocycles. The second kappa shape index (κ2) is 6.77. The number of thiophene rings is 1. The number of rotatable bonds is 4. The summed E-state index contributed by atoms with van der Waals surface area (Å²) >= 11 is 7.11. The summed E-state index contributed by atoms with van der Waals surface area (Å²) < 4.78 is 0.796. The quantitative estimate of drug-likeness (QED) is 0.430. The van der Waals surface area contributed by atoms with Gasteiger partial charge in [0.2, 0.25) is 0 Å². The Balaban J connectivity index is 1.75. The maximum absolute atomic E-state index is 12.1. The number of nitrogens with one attached hydrogen (secondary N) is 1. The van der Waals surface area contributed by atoms with Crippen LogP contribution in [0.5, 0.6) is 0 Å². The molecule has 120 valence electrons. The van der Waals surface area contributed by atoms with Gasteiger partial charge >= 0.3 is 0 Å². The number of hydrogen-bond acceptors (Lipinski definition) is 5. The normalized spacial score (nSPS) is 11.0. The molecule has 1 N–H and O–H groups in total. The average molecular weight is 360 g/mol. The third kappa shape index (κ3) is 3.58. The van der Waals surface area contributed by atoms with Crippen molar-refractivity contribution in [2.24, 2.45) is 5.10 Å². The maximum Gasteiger partial charge on any atom is 0.281 e. The largest absolute Gasteiger partial charge is 0.281 e. The van der Waals surface area contributed by atoms with Crippen molar-refractivity contribution < 1.29 is 9.72 Å². The molecule has 0 saturated carbocycles. The molecular formula is C16H10ClN3O3S. The number of amides is 1. The summed E-state index contributed by atoms with van der Waals surface area (Å²) in [5, 5.41) is 15.9. The molecule has 3 aromatic rings. The third-order valence-corrected chi connectivity index (χ3v) is 4.51. The summed E-state index contributed by atoms with van der Waals surface area (Å²) in [6.07, 6.45) is 1.49. The minimum Gasteiger partial charge on any atom is -0.266 e. The van der Waals surface area contributed by atoms with Crippen molar-refractivity contribution in [2.45, 2.75) is 0 Å². The molecule has 0 bridgehead atoms. The Morgan fingerprint density at radius 3 is 2.83 bits per heavy atom. The van der Waals surface area contributed by atoms with Crippen LogP contribution >= 0.6 is 22.9 Å². The number of non-ortho nitro benzene ring substituents is 1. The first kappa shape index (κ1) is 16.1. The van der Waals surface area contributed by atoms with Gasteiger partial charge in [-0.05, 0) is 29.8 Å². The molecule has 0 radical (unpaired) electrons. The highest BCUT2D eigenvalue weighted by molar-refractivity contribution is 7.20. The van der Waals surface area contributed by atoms with Crippen molar-refractivity contribution in [2.75, 3.05) is 0 Å². The minimum atomic E-state index is -0.466. The van der Waals surface area contributed by atoms with Crippen LogP contribution in [0.1, 0.15) is 15.2 Å². The molecule has 1 amide bonds. The molecule has 0 aliphatic rings. The van der Waals surface area contributed by atoms with E-state index in [4.69, 9.17) is 11.6 Å². The van der Waals surface area contributed by atoms with Gasteiger partial charge in [-0.25, -0.2) is 5.43 Å². The van der Waals surface area contributed by atoms with E-state index in [2.05, 4.69) is 10.5 Å². The summed E-state index contributed by atoms with van der Waals surface area (Å²) in [7, 11) is 0. The number of fused-ring (bicyclic) bond motifs is 1. The zero-order valence-corrected chi connectivity index (χ0v) is 13.7. The number of nitro groups is 1. The van der Waals surface area contributed by atoms with Gasteiger partial charge in [0.25, 0.3) is 11.6 Å². The van der Waals surface area contributed by atoms with Crippen molar-refractivity contribution in [1.82, 2.24) is 5.43 Å². The molecule has 8 heteroatoms. The summed E-state index contributed by atoms with van der Waals surface area (Å²) in [4.78, 5) is 22.9. The van der Waals surface area contributed by atoms with Gasteiger partial charge in [-0.3, -0.25) is 14.9 Å². The van der Waals surface area contributed by atoms with E-state index in [1.807, 2.05) is 0 Å². The van der Waals surface area contributed by atoms with Crippen molar-refractivity contribution in [3.05, 3.63) is 74.1 Å². The molecule has 0 atom stereocenters. The lowest BCUT2D eigenvalue weighted by Gasteiger charge is -1.96. The lowest BCUT2D eigenvalue weighted by Crippen LogP contribution is -2.16. The standard InChI is InChI=1S/C16H10ClN3O3S/c17-12-3-1-2-10(6-12)9-18-19-16(21)15-8-11-7-13(20(22)23)4-5-14(11)24-15/h1-9H,(H,19,21). The number of hydrazone groups is 1. The van der Waals surface area contributed by atoms with E-state index < -0.39 is 4.92 Å². The van der Waals surface area contributed by atoms with Crippen LogP contribution in [-0.4, -0.2) is 17.0 Å². The number of halogens is 1. The first-order valence-electron chi connectivity index (χ1n) is 6.80. The van der Waals surface area contributed by atoms with Crippen LogP contribution in [0.25, 0.3) is 10.1 Å². The first-order valence-corrected chi connectivity index (χ1v) is 7.99. The van der Waals surface area contributed by atoms with Crippen LogP contribution in [0.2, 0.25) is 5.02 Å². The fourth-order valence-corrected chi connectivity index (χ4v) is 3.20. The van der Waals surface area contributed by atoms with Gasteiger partial charge in [0.1, 0.15) is 0 Å². The van der Waals surface area contributed by atoms with Crippen molar-refractivity contribution >= 4 is 50.8 Å². The first-order chi connectivity index (χ1) is 11.5. The predicted octanol–water partition coefficient (Wildman–Crippen LogP) is 4.23. The smallest absolute Gasteiger partial charge is 0.266 e. The van der Waals surface area contributed by atoms with E-state index in [1.165, 1.54) is 29.7 Å². The Labute approximate surface area is 145 Å². The van der Waals surface area contributed by atoms with Crippen LogP contribution < -0.4 is 5.43 Å². The van der Waals surface area contributed by atoms with Gasteiger partial charge in [0, 0.05) is 27.2 Å². The van der Waals surface area contributed by atoms with Crippen molar-refractivity contribution in [1.29, 1.82) is 0 Å². The van der Waals surface area contributed by atoms with Crippen LogP contribution in [0.3, 0.4) is 0 Å². The molecule has 1 heterocycles. The van der Waals surface area contributed by atoms with E-state index in [0.717, 1.165) is 10.3 Å². The fraction of sp³-hybridized carbons (Fsp3) is 0. The summed E-state index contributed by atoms with van der Waals surface area (Å²) in [6, 6.07) is 13.1. The lowest BCUT2D eigenvalue weighted by molar-refractivity contribution is -0.384. The highest BCUT2D eigenvalue weighted by Crippen LogP contribution is 2.28. The Hall–Kier alpha value is -2.77. The van der Waals surface area contributed by atoms with E-state index in [1.54, 1.807) is 36.4 Å². The molecule has 24 heavy (non-hydrogen) atoms. The zero-order valence-electron chi connectivity index (χ0n) is 12.1. The highest BCUT2D eigenvalue weighted by Gasteiger charge is 2.12. The van der Waals surface area contributed by atoms with E-state index in [0.29, 0.717) is 15.3 Å². The van der Waals surface area contributed by atoms with Crippen LogP contribution in [0.4, 0.5) is 5.69 Å². The molecule has 0 saturated heterocycles. The van der Waals surface area contributed by atoms with Gasteiger partial charge in [-0.2, -0.15) is 5.10 Å². The van der Waals surface area contributed by atoms with Gasteiger partial charge < -0.3 is 0 Å². The van der Waals surface area contributed by atoms with Crippen molar-refractivity contribution in [3.63, 3.8) is 0 Å². The Morgan fingerprint density at radius 2 is 2.08 bits per heavy atom. The molecule has 2 aromatic carbocycles. The summed E-state index contributed by atoms with van der Waals surface area (Å²) in [5.74, 6) is -0.378. The van der Waals surface area contributed by atoms with Gasteiger partial charge in [-0.15, -0.1) is 11.3 Å². The molecule has 0 aliphatic heterocycles. The summed E-state index contributed by atoms with van der Waals surface area (Å²) in [6.45, 7) is 0. The number of hydrogen-bond donors (Lipinski definition) is 1. The van der Waals surface area contributed by atoms with Gasteiger partial charge in [-0.1, -0.05) is 23.7 Å². The molecule has 3 rings (SSSR count). The average Bonchev–Trinajstić information content (AvgIpc) is 2.98. The van der Waals surface area contributed by atoms with Crippen LogP contribution in [0, 0.1) is 10.1 Å². The monoisotopic (exact) mass is 359 g/mol. The topological polar surface area (TPSA) is 84.6 Å². The van der Waals surface area contributed by atoms with Gasteiger partial charge in [0.15, 0.2) is 0 Å². The Bertz CT molecular complexity index is 968. The van der Waals surface area contributed by atoms with Crippen LogP contribution in [-0.2, 0) is 0 Å². The lowest BCUT2D eigenvalue weighted by atomic mass is 10.2. The molecule has 0 unspecified atom stereocenters. The van der Waals surface area contributed by atoms with Gasteiger partial charge in [0.05, 0.1) is 16.0 Å². The Morgan fingerprint density at radius 1 is 1.25 bits per heavy atom. The number of nitro benzene ring substituents is 1. The molecular weight excluding hydrogens is 350 g/mol. The summed E-state index contributed by atoms with van der Waals surface area (Å²) in [5.41, 5.74) is 3.18. The third-order valence-electron chi connectivity index (χ3n) is 3.16. The number of benzene rings is 2. The molecule has 6 nitrogen and oxygen atoms in total. The number of carbonyl (C=O) groups excluding carboxylic acids is 1. The second-order valence-corrected chi connectivity index (χ2v) is 6.36. The maximum atomic E-state index is 12.1. The van der Waals surface area contributed by atoms with E-state index in [-0.39, 0.29) is 11.6 Å².